The van der Waals surface area contributed by atoms with Crippen LogP contribution in [0.4, 0.5) is 5.69 Å². The summed E-state index contributed by atoms with van der Waals surface area (Å²) in [5.74, 6) is 0.579. The van der Waals surface area contributed by atoms with Gasteiger partial charge in [0.1, 0.15) is 11.8 Å². The van der Waals surface area contributed by atoms with E-state index >= 15 is 0 Å². The van der Waals surface area contributed by atoms with Crippen molar-refractivity contribution < 1.29 is 4.74 Å². The summed E-state index contributed by atoms with van der Waals surface area (Å²) < 4.78 is 10.4. The van der Waals surface area contributed by atoms with Gasteiger partial charge < -0.3 is 9.46 Å². The zero-order valence-corrected chi connectivity index (χ0v) is 13.9. The fourth-order valence-corrected chi connectivity index (χ4v) is 3.24. The lowest BCUT2D eigenvalue weighted by Crippen LogP contribution is -1.97. The van der Waals surface area contributed by atoms with Crippen molar-refractivity contribution in [1.29, 1.82) is 5.26 Å². The number of methoxy groups -OCH3 is 1. The number of nitrogens with zero attached hydrogens (tertiary/aromatic N) is 4. The first-order valence-corrected chi connectivity index (χ1v) is 8.50. The number of hydrogen-bond acceptors (Lipinski definition) is 6. The first kappa shape index (κ1) is 14.8. The molecule has 7 heteroatoms. The van der Waals surface area contributed by atoms with E-state index in [0.717, 1.165) is 22.3 Å². The second kappa shape index (κ2) is 6.06. The number of rotatable bonds is 5. The van der Waals surface area contributed by atoms with Gasteiger partial charge in [0.05, 0.1) is 24.4 Å². The molecule has 1 fully saturated rings. The average Bonchev–Trinajstić information content (AvgIpc) is 3.37. The molecule has 0 spiro atoms. The van der Waals surface area contributed by atoms with E-state index in [2.05, 4.69) is 20.9 Å². The minimum atomic E-state index is 0.556. The van der Waals surface area contributed by atoms with Crippen molar-refractivity contribution in [3.8, 4) is 23.1 Å². The molecule has 1 N–H and O–H groups in total. The molecule has 0 atom stereocenters. The first-order chi connectivity index (χ1) is 11.8. The number of nitrogens with one attached hydrogen (secondary N) is 1. The van der Waals surface area contributed by atoms with Crippen molar-refractivity contribution in [1.82, 2.24) is 14.6 Å². The van der Waals surface area contributed by atoms with Crippen molar-refractivity contribution in [3.05, 3.63) is 42.4 Å². The van der Waals surface area contributed by atoms with Crippen LogP contribution in [0.2, 0.25) is 0 Å². The fraction of sp³-hybridized carbons (Fsp3) is 0.235. The minimum absolute atomic E-state index is 0.556. The molecule has 0 amide bonds. The largest absolute Gasteiger partial charge is 0.480 e. The number of aromatic nitrogens is 3. The SMILES string of the molecule is COc1ncc(-c2ccn3ncc(C#N)c3c2)cc1NSC1CC1. The Morgan fingerprint density at radius 2 is 2.21 bits per heavy atom. The van der Waals surface area contributed by atoms with E-state index in [4.69, 9.17) is 4.74 Å². The summed E-state index contributed by atoms with van der Waals surface area (Å²) in [5.41, 5.74) is 4.14. The van der Waals surface area contributed by atoms with Crippen molar-refractivity contribution in [2.24, 2.45) is 0 Å². The monoisotopic (exact) mass is 337 g/mol. The average molecular weight is 337 g/mol. The summed E-state index contributed by atoms with van der Waals surface area (Å²) in [6.45, 7) is 0. The molecule has 3 aromatic heterocycles. The van der Waals surface area contributed by atoms with E-state index in [1.165, 1.54) is 12.8 Å². The number of nitriles is 1. The molecule has 120 valence electrons. The Kier molecular flexibility index (Phi) is 3.75. The van der Waals surface area contributed by atoms with Gasteiger partial charge in [-0.3, -0.25) is 0 Å². The Hall–Kier alpha value is -2.72. The quantitative estimate of drug-likeness (QED) is 0.718. The van der Waals surface area contributed by atoms with Crippen LogP contribution in [0.5, 0.6) is 5.88 Å². The predicted octanol–water partition coefficient (Wildman–Crippen LogP) is 3.50. The van der Waals surface area contributed by atoms with Gasteiger partial charge in [0.15, 0.2) is 0 Å². The highest BCUT2D eigenvalue weighted by atomic mass is 32.2. The normalized spacial score (nSPS) is 13.7. The van der Waals surface area contributed by atoms with Gasteiger partial charge in [-0.2, -0.15) is 10.4 Å². The molecule has 0 aromatic carbocycles. The smallest absolute Gasteiger partial charge is 0.237 e. The molecule has 24 heavy (non-hydrogen) atoms. The minimum Gasteiger partial charge on any atom is -0.480 e. The molecule has 0 radical (unpaired) electrons. The van der Waals surface area contributed by atoms with E-state index in [0.29, 0.717) is 16.7 Å². The predicted molar refractivity (Wildman–Crippen MR) is 93.9 cm³/mol. The van der Waals surface area contributed by atoms with E-state index in [-0.39, 0.29) is 0 Å². The third-order valence-electron chi connectivity index (χ3n) is 3.88. The van der Waals surface area contributed by atoms with Crippen LogP contribution >= 0.6 is 11.9 Å². The van der Waals surface area contributed by atoms with Gasteiger partial charge in [-0.15, -0.1) is 0 Å². The Labute approximate surface area is 143 Å². The number of ether oxygens (including phenoxy) is 1. The molecular weight excluding hydrogens is 322 g/mol. The number of fused-ring (bicyclic) bond motifs is 1. The highest BCUT2D eigenvalue weighted by Crippen LogP contribution is 2.37. The van der Waals surface area contributed by atoms with E-state index in [1.54, 1.807) is 36.0 Å². The zero-order chi connectivity index (χ0) is 16.5. The Bertz CT molecular complexity index is 942. The van der Waals surface area contributed by atoms with E-state index < -0.39 is 0 Å². The molecule has 3 aromatic rings. The fourth-order valence-electron chi connectivity index (χ4n) is 2.42. The molecule has 1 saturated carbocycles. The third kappa shape index (κ3) is 2.76. The summed E-state index contributed by atoms with van der Waals surface area (Å²) in [6, 6.07) is 8.10. The van der Waals surface area contributed by atoms with Crippen LogP contribution in [-0.4, -0.2) is 27.0 Å². The maximum absolute atomic E-state index is 9.18. The Balaban J connectivity index is 1.72. The van der Waals surface area contributed by atoms with Gasteiger partial charge in [-0.05, 0) is 48.6 Å². The first-order valence-electron chi connectivity index (χ1n) is 7.62. The molecule has 0 bridgehead atoms. The third-order valence-corrected chi connectivity index (χ3v) is 5.02. The van der Waals surface area contributed by atoms with Crippen LogP contribution in [0.1, 0.15) is 18.4 Å². The second-order valence-electron chi connectivity index (χ2n) is 5.62. The van der Waals surface area contributed by atoms with Crippen molar-refractivity contribution in [2.45, 2.75) is 18.1 Å². The molecule has 0 aliphatic heterocycles. The summed E-state index contributed by atoms with van der Waals surface area (Å²) in [7, 11) is 1.62. The standard InChI is InChI=1S/C17H15N5OS/c1-23-17-15(21-24-14-2-3-14)6-12(9-19-17)11-4-5-22-16(7-11)13(8-18)10-20-22/h4-7,9-10,14,21H,2-3H2,1H3. The summed E-state index contributed by atoms with van der Waals surface area (Å²) in [4.78, 5) is 4.40. The van der Waals surface area contributed by atoms with Crippen LogP contribution in [0.3, 0.4) is 0 Å². The van der Waals surface area contributed by atoms with Gasteiger partial charge in [-0.25, -0.2) is 9.50 Å². The molecule has 0 unspecified atom stereocenters. The van der Waals surface area contributed by atoms with Gasteiger partial charge in [0.25, 0.3) is 0 Å². The molecule has 0 saturated heterocycles. The maximum atomic E-state index is 9.18. The number of hydrogen-bond donors (Lipinski definition) is 1. The highest BCUT2D eigenvalue weighted by Gasteiger charge is 2.23. The van der Waals surface area contributed by atoms with E-state index in [1.807, 2.05) is 24.4 Å². The zero-order valence-electron chi connectivity index (χ0n) is 13.1. The van der Waals surface area contributed by atoms with Crippen LogP contribution in [0.25, 0.3) is 16.6 Å². The van der Waals surface area contributed by atoms with Crippen LogP contribution in [-0.2, 0) is 0 Å². The topological polar surface area (TPSA) is 75.2 Å². The second-order valence-corrected chi connectivity index (χ2v) is 6.72. The van der Waals surface area contributed by atoms with Crippen molar-refractivity contribution in [2.75, 3.05) is 11.8 Å². The van der Waals surface area contributed by atoms with Gasteiger partial charge >= 0.3 is 0 Å². The molecule has 1 aliphatic rings. The van der Waals surface area contributed by atoms with Crippen LogP contribution < -0.4 is 9.46 Å². The molecule has 1 aliphatic carbocycles. The van der Waals surface area contributed by atoms with Gasteiger partial charge in [-0.1, -0.05) is 0 Å². The van der Waals surface area contributed by atoms with E-state index in [9.17, 15) is 5.26 Å². The molecule has 4 rings (SSSR count). The summed E-state index contributed by atoms with van der Waals surface area (Å²) >= 11 is 1.71. The van der Waals surface area contributed by atoms with Gasteiger partial charge in [0.2, 0.25) is 5.88 Å². The number of pyridine rings is 2. The molecule has 3 heterocycles. The lowest BCUT2D eigenvalue weighted by atomic mass is 10.1. The van der Waals surface area contributed by atoms with Crippen LogP contribution in [0, 0.1) is 11.3 Å². The lowest BCUT2D eigenvalue weighted by Gasteiger charge is -2.11. The highest BCUT2D eigenvalue weighted by molar-refractivity contribution is 8.01. The lowest BCUT2D eigenvalue weighted by molar-refractivity contribution is 0.400. The Morgan fingerprint density at radius 3 is 2.96 bits per heavy atom. The molecular formula is C17H15N5OS. The van der Waals surface area contributed by atoms with Crippen molar-refractivity contribution >= 4 is 23.2 Å². The van der Waals surface area contributed by atoms with Crippen LogP contribution in [0.15, 0.2) is 36.8 Å². The maximum Gasteiger partial charge on any atom is 0.237 e. The molecule has 6 nitrogen and oxygen atoms in total. The summed E-state index contributed by atoms with van der Waals surface area (Å²) in [6.07, 6.45) is 7.70. The van der Waals surface area contributed by atoms with Gasteiger partial charge in [0, 0.05) is 23.2 Å². The number of anilines is 1. The van der Waals surface area contributed by atoms with Crippen molar-refractivity contribution in [3.63, 3.8) is 0 Å². The summed E-state index contributed by atoms with van der Waals surface area (Å²) in [5, 5.41) is 14.0. The Morgan fingerprint density at radius 1 is 1.33 bits per heavy atom.